The van der Waals surface area contributed by atoms with Gasteiger partial charge in [0, 0.05) is 0 Å². The van der Waals surface area contributed by atoms with Crippen LogP contribution in [0.5, 0.6) is 5.75 Å². The van der Waals surface area contributed by atoms with Crippen molar-refractivity contribution in [2.45, 2.75) is 47.6 Å². The molecule has 0 N–H and O–H groups in total. The number of aldehydes is 1. The lowest BCUT2D eigenvalue weighted by Gasteiger charge is -2.19. The Morgan fingerprint density at radius 2 is 1.87 bits per heavy atom. The molecule has 2 nitrogen and oxygen atoms in total. The summed E-state index contributed by atoms with van der Waals surface area (Å²) in [6, 6.07) is 5.71. The van der Waals surface area contributed by atoms with Crippen molar-refractivity contribution in [1.82, 2.24) is 0 Å². The standard InChI is InChI=1S/C21H28O2/c1-8-19(21(5,6)7)11-9-16(4)17-10-12-20(23-15(2)3)18(13-17)14-22/h8-15H,1H2,2-7H3/b16-9+,19-11+. The van der Waals surface area contributed by atoms with Crippen LogP contribution in [-0.4, -0.2) is 12.4 Å². The third kappa shape index (κ3) is 5.55. The third-order valence-electron chi connectivity index (χ3n) is 3.55. The highest BCUT2D eigenvalue weighted by Gasteiger charge is 2.13. The van der Waals surface area contributed by atoms with Gasteiger partial charge >= 0.3 is 0 Å². The molecule has 0 aromatic heterocycles. The third-order valence-corrected chi connectivity index (χ3v) is 3.55. The van der Waals surface area contributed by atoms with E-state index in [0.29, 0.717) is 11.3 Å². The average Bonchev–Trinajstić information content (AvgIpc) is 2.46. The highest BCUT2D eigenvalue weighted by molar-refractivity contribution is 5.82. The van der Waals surface area contributed by atoms with Crippen molar-refractivity contribution >= 4 is 11.9 Å². The van der Waals surface area contributed by atoms with Crippen molar-refractivity contribution in [3.8, 4) is 5.75 Å². The second kappa shape index (κ2) is 7.96. The molecule has 1 aromatic carbocycles. The molecular formula is C21H28O2. The van der Waals surface area contributed by atoms with Crippen LogP contribution >= 0.6 is 0 Å². The van der Waals surface area contributed by atoms with Gasteiger partial charge in [0.2, 0.25) is 0 Å². The predicted octanol–water partition coefficient (Wildman–Crippen LogP) is 5.85. The summed E-state index contributed by atoms with van der Waals surface area (Å²) >= 11 is 0. The monoisotopic (exact) mass is 312 g/mol. The molecule has 23 heavy (non-hydrogen) atoms. The number of benzene rings is 1. The normalized spacial score (nSPS) is 13.2. The lowest BCUT2D eigenvalue weighted by atomic mass is 9.86. The second-order valence-corrected chi connectivity index (χ2v) is 6.96. The fraction of sp³-hybridized carbons (Fsp3) is 0.381. The molecule has 0 amide bonds. The molecular weight excluding hydrogens is 284 g/mol. The number of carbonyl (C=O) groups is 1. The Hall–Kier alpha value is -2.09. The van der Waals surface area contributed by atoms with Crippen LogP contribution in [0.25, 0.3) is 5.57 Å². The van der Waals surface area contributed by atoms with E-state index >= 15 is 0 Å². The lowest BCUT2D eigenvalue weighted by molar-refractivity contribution is 0.111. The smallest absolute Gasteiger partial charge is 0.153 e. The van der Waals surface area contributed by atoms with E-state index in [1.807, 2.05) is 45.0 Å². The summed E-state index contributed by atoms with van der Waals surface area (Å²) in [7, 11) is 0. The summed E-state index contributed by atoms with van der Waals surface area (Å²) in [6.07, 6.45) is 6.92. The molecule has 0 spiro atoms. The van der Waals surface area contributed by atoms with E-state index in [1.165, 1.54) is 5.57 Å². The predicted molar refractivity (Wildman–Crippen MR) is 99.0 cm³/mol. The van der Waals surface area contributed by atoms with Gasteiger partial charge in [0.15, 0.2) is 6.29 Å². The molecule has 0 aliphatic rings. The van der Waals surface area contributed by atoms with Crippen LogP contribution in [0.1, 0.15) is 57.5 Å². The molecule has 0 unspecified atom stereocenters. The van der Waals surface area contributed by atoms with Crippen molar-refractivity contribution in [2.75, 3.05) is 0 Å². The van der Waals surface area contributed by atoms with E-state index in [0.717, 1.165) is 17.4 Å². The number of hydrogen-bond acceptors (Lipinski definition) is 2. The van der Waals surface area contributed by atoms with Crippen molar-refractivity contribution in [2.24, 2.45) is 5.41 Å². The molecule has 2 heteroatoms. The average molecular weight is 312 g/mol. The largest absolute Gasteiger partial charge is 0.490 e. The highest BCUT2D eigenvalue weighted by Crippen LogP contribution is 2.27. The first-order valence-electron chi connectivity index (χ1n) is 7.96. The molecule has 1 aromatic rings. The molecule has 0 atom stereocenters. The summed E-state index contributed by atoms with van der Waals surface area (Å²) in [6.45, 7) is 16.3. The summed E-state index contributed by atoms with van der Waals surface area (Å²) < 4.78 is 5.66. The van der Waals surface area contributed by atoms with Crippen molar-refractivity contribution in [3.63, 3.8) is 0 Å². The van der Waals surface area contributed by atoms with Gasteiger partial charge < -0.3 is 4.74 Å². The van der Waals surface area contributed by atoms with E-state index < -0.39 is 0 Å². The van der Waals surface area contributed by atoms with Gasteiger partial charge in [0.1, 0.15) is 5.75 Å². The number of allylic oxidation sites excluding steroid dienone is 5. The minimum absolute atomic E-state index is 0.0426. The summed E-state index contributed by atoms with van der Waals surface area (Å²) in [4.78, 5) is 11.3. The van der Waals surface area contributed by atoms with E-state index in [1.54, 1.807) is 0 Å². The van der Waals surface area contributed by atoms with E-state index in [2.05, 4.69) is 39.5 Å². The van der Waals surface area contributed by atoms with Gasteiger partial charge in [0.25, 0.3) is 0 Å². The molecule has 124 valence electrons. The van der Waals surface area contributed by atoms with Crippen LogP contribution in [0.2, 0.25) is 0 Å². The van der Waals surface area contributed by atoms with Crippen LogP contribution in [-0.2, 0) is 0 Å². The van der Waals surface area contributed by atoms with Crippen LogP contribution < -0.4 is 4.74 Å². The summed E-state index contributed by atoms with van der Waals surface area (Å²) in [5.41, 5.74) is 3.91. The first-order valence-corrected chi connectivity index (χ1v) is 7.96. The number of ether oxygens (including phenoxy) is 1. The highest BCUT2D eigenvalue weighted by atomic mass is 16.5. The zero-order valence-corrected chi connectivity index (χ0v) is 15.1. The molecule has 0 fully saturated rings. The fourth-order valence-corrected chi connectivity index (χ4v) is 2.18. The first kappa shape index (κ1) is 19.0. The van der Waals surface area contributed by atoms with E-state index in [9.17, 15) is 4.79 Å². The second-order valence-electron chi connectivity index (χ2n) is 6.96. The van der Waals surface area contributed by atoms with Gasteiger partial charge in [0.05, 0.1) is 11.7 Å². The number of carbonyl (C=O) groups excluding carboxylic acids is 1. The van der Waals surface area contributed by atoms with Crippen LogP contribution in [0.4, 0.5) is 0 Å². The zero-order chi connectivity index (χ0) is 17.6. The maximum absolute atomic E-state index is 11.3. The Balaban J connectivity index is 3.15. The minimum atomic E-state index is 0.0426. The SMILES string of the molecule is C=C/C(=C\C=C(/C)c1ccc(OC(C)C)c(C=O)c1)C(C)(C)C. The van der Waals surface area contributed by atoms with Gasteiger partial charge in [-0.2, -0.15) is 0 Å². The Kier molecular flexibility index (Phi) is 6.56. The van der Waals surface area contributed by atoms with Crippen LogP contribution in [0.15, 0.2) is 48.6 Å². The zero-order valence-electron chi connectivity index (χ0n) is 15.1. The number of hydrogen-bond donors (Lipinski definition) is 0. The molecule has 0 bridgehead atoms. The Labute approximate surface area is 140 Å². The molecule has 0 saturated carbocycles. The van der Waals surface area contributed by atoms with Gasteiger partial charge in [-0.25, -0.2) is 0 Å². The fourth-order valence-electron chi connectivity index (χ4n) is 2.18. The molecule has 1 rings (SSSR count). The Morgan fingerprint density at radius 3 is 2.35 bits per heavy atom. The molecule has 0 aliphatic heterocycles. The van der Waals surface area contributed by atoms with Gasteiger partial charge in [-0.3, -0.25) is 4.79 Å². The number of rotatable bonds is 6. The van der Waals surface area contributed by atoms with Crippen molar-refractivity contribution in [3.05, 3.63) is 59.7 Å². The maximum atomic E-state index is 11.3. The molecule has 0 saturated heterocycles. The minimum Gasteiger partial charge on any atom is -0.490 e. The Bertz CT molecular complexity index is 626. The summed E-state index contributed by atoms with van der Waals surface area (Å²) in [5.74, 6) is 0.628. The molecule has 0 aliphatic carbocycles. The quantitative estimate of drug-likeness (QED) is 0.486. The van der Waals surface area contributed by atoms with Crippen molar-refractivity contribution in [1.29, 1.82) is 0 Å². The van der Waals surface area contributed by atoms with Crippen molar-refractivity contribution < 1.29 is 9.53 Å². The first-order chi connectivity index (χ1) is 10.7. The maximum Gasteiger partial charge on any atom is 0.153 e. The van der Waals surface area contributed by atoms with Gasteiger partial charge in [-0.1, -0.05) is 51.6 Å². The van der Waals surface area contributed by atoms with Gasteiger partial charge in [-0.05, 0) is 55.0 Å². The van der Waals surface area contributed by atoms with E-state index in [4.69, 9.17) is 4.74 Å². The topological polar surface area (TPSA) is 26.3 Å². The summed E-state index contributed by atoms with van der Waals surface area (Å²) in [5, 5.41) is 0. The van der Waals surface area contributed by atoms with E-state index in [-0.39, 0.29) is 11.5 Å². The molecule has 0 heterocycles. The lowest BCUT2D eigenvalue weighted by Crippen LogP contribution is -2.07. The van der Waals surface area contributed by atoms with Crippen LogP contribution in [0.3, 0.4) is 0 Å². The molecule has 0 radical (unpaired) electrons. The van der Waals surface area contributed by atoms with Gasteiger partial charge in [-0.15, -0.1) is 0 Å². The van der Waals surface area contributed by atoms with Crippen LogP contribution in [0, 0.1) is 5.41 Å². The Morgan fingerprint density at radius 1 is 1.22 bits per heavy atom.